The van der Waals surface area contributed by atoms with Crippen LogP contribution in [0.3, 0.4) is 0 Å². The lowest BCUT2D eigenvalue weighted by molar-refractivity contribution is 0.102. The summed E-state index contributed by atoms with van der Waals surface area (Å²) >= 11 is 6.03. The quantitative estimate of drug-likeness (QED) is 0.892. The van der Waals surface area contributed by atoms with Crippen LogP contribution in [0.2, 0.25) is 5.02 Å². The van der Waals surface area contributed by atoms with Gasteiger partial charge in [0.2, 0.25) is 0 Å². The largest absolute Gasteiger partial charge is 0.495 e. The van der Waals surface area contributed by atoms with Gasteiger partial charge in [-0.15, -0.1) is 0 Å². The lowest BCUT2D eigenvalue weighted by Gasteiger charge is -2.08. The highest BCUT2D eigenvalue weighted by Crippen LogP contribution is 2.27. The van der Waals surface area contributed by atoms with Crippen molar-refractivity contribution in [1.82, 2.24) is 0 Å². The molecule has 0 fully saturated rings. The third kappa shape index (κ3) is 3.97. The fraction of sp³-hybridized carbons (Fsp3) is 0.188. The van der Waals surface area contributed by atoms with Crippen molar-refractivity contribution in [2.45, 2.75) is 6.42 Å². The van der Waals surface area contributed by atoms with Crippen LogP contribution >= 0.6 is 11.6 Å². The van der Waals surface area contributed by atoms with Gasteiger partial charge >= 0.3 is 0 Å². The summed E-state index contributed by atoms with van der Waals surface area (Å²) < 4.78 is 5.07. The van der Waals surface area contributed by atoms with Gasteiger partial charge in [0, 0.05) is 11.3 Å². The average Bonchev–Trinajstić information content (AvgIpc) is 2.48. The zero-order chi connectivity index (χ0) is 15.2. The molecule has 21 heavy (non-hydrogen) atoms. The number of rotatable bonds is 5. The molecule has 0 spiro atoms. The normalized spacial score (nSPS) is 10.2. The second-order valence-corrected chi connectivity index (χ2v) is 4.95. The number of benzene rings is 2. The molecule has 0 heterocycles. The Morgan fingerprint density at radius 2 is 1.95 bits per heavy atom. The summed E-state index contributed by atoms with van der Waals surface area (Å²) in [7, 11) is 1.54. The van der Waals surface area contributed by atoms with Crippen LogP contribution in [-0.2, 0) is 6.42 Å². The lowest BCUT2D eigenvalue weighted by Crippen LogP contribution is -2.12. The van der Waals surface area contributed by atoms with Crippen LogP contribution in [0.5, 0.6) is 5.75 Å². The summed E-state index contributed by atoms with van der Waals surface area (Å²) in [5, 5.41) is 3.25. The van der Waals surface area contributed by atoms with Crippen LogP contribution in [-0.4, -0.2) is 19.6 Å². The molecule has 2 aromatic carbocycles. The first-order chi connectivity index (χ1) is 10.1. The number of methoxy groups -OCH3 is 1. The van der Waals surface area contributed by atoms with Crippen LogP contribution in [0.25, 0.3) is 0 Å². The molecule has 3 N–H and O–H groups in total. The summed E-state index contributed by atoms with van der Waals surface area (Å²) in [4.78, 5) is 12.1. The van der Waals surface area contributed by atoms with Gasteiger partial charge in [0.05, 0.1) is 12.1 Å². The van der Waals surface area contributed by atoms with Crippen molar-refractivity contribution in [1.29, 1.82) is 0 Å². The van der Waals surface area contributed by atoms with Gasteiger partial charge in [-0.25, -0.2) is 0 Å². The van der Waals surface area contributed by atoms with E-state index >= 15 is 0 Å². The van der Waals surface area contributed by atoms with E-state index in [4.69, 9.17) is 22.1 Å². The predicted molar refractivity (Wildman–Crippen MR) is 85.2 cm³/mol. The molecule has 0 bridgehead atoms. The van der Waals surface area contributed by atoms with E-state index in [-0.39, 0.29) is 5.91 Å². The topological polar surface area (TPSA) is 64.3 Å². The van der Waals surface area contributed by atoms with Gasteiger partial charge in [0.25, 0.3) is 5.91 Å². The molecule has 0 aliphatic rings. The van der Waals surface area contributed by atoms with Gasteiger partial charge in [-0.3, -0.25) is 4.79 Å². The second-order valence-electron chi connectivity index (χ2n) is 4.54. The number of hydrogen-bond acceptors (Lipinski definition) is 3. The van der Waals surface area contributed by atoms with E-state index < -0.39 is 0 Å². The molecule has 0 aliphatic heterocycles. The third-order valence-electron chi connectivity index (χ3n) is 3.06. The zero-order valence-electron chi connectivity index (χ0n) is 11.7. The summed E-state index contributed by atoms with van der Waals surface area (Å²) in [6.07, 6.45) is 0.802. The highest BCUT2D eigenvalue weighted by molar-refractivity contribution is 6.32. The minimum atomic E-state index is -0.185. The maximum atomic E-state index is 12.1. The number of carbonyl (C=O) groups excluding carboxylic acids is 1. The van der Waals surface area contributed by atoms with Crippen molar-refractivity contribution < 1.29 is 9.53 Å². The summed E-state index contributed by atoms with van der Waals surface area (Å²) in [6, 6.07) is 12.5. The number of hydrogen-bond donors (Lipinski definition) is 2. The Bertz CT molecular complexity index is 627. The molecule has 2 rings (SSSR count). The van der Waals surface area contributed by atoms with Gasteiger partial charge in [0.15, 0.2) is 0 Å². The molecule has 2 aromatic rings. The number of ether oxygens (including phenoxy) is 1. The van der Waals surface area contributed by atoms with Gasteiger partial charge in [-0.05, 0) is 48.9 Å². The maximum Gasteiger partial charge on any atom is 0.255 e. The Labute approximate surface area is 128 Å². The minimum absolute atomic E-state index is 0.185. The number of nitrogens with one attached hydrogen (secondary N) is 1. The Morgan fingerprint density at radius 3 is 2.52 bits per heavy atom. The number of amides is 1. The zero-order valence-corrected chi connectivity index (χ0v) is 12.5. The first kappa shape index (κ1) is 15.4. The number of nitrogens with two attached hydrogens (primary N) is 1. The molecule has 0 saturated carbocycles. The van der Waals surface area contributed by atoms with E-state index in [0.717, 1.165) is 12.0 Å². The fourth-order valence-electron chi connectivity index (χ4n) is 1.94. The molecule has 0 atom stereocenters. The van der Waals surface area contributed by atoms with Crippen LogP contribution in [0, 0.1) is 0 Å². The summed E-state index contributed by atoms with van der Waals surface area (Å²) in [5.74, 6) is 0.385. The van der Waals surface area contributed by atoms with E-state index in [1.54, 1.807) is 37.4 Å². The minimum Gasteiger partial charge on any atom is -0.495 e. The Kier molecular flexibility index (Phi) is 5.20. The van der Waals surface area contributed by atoms with Gasteiger partial charge < -0.3 is 15.8 Å². The second kappa shape index (κ2) is 7.11. The molecule has 4 nitrogen and oxygen atoms in total. The first-order valence-electron chi connectivity index (χ1n) is 6.58. The maximum absolute atomic E-state index is 12.1. The van der Waals surface area contributed by atoms with Crippen molar-refractivity contribution in [2.75, 3.05) is 19.0 Å². The standard InChI is InChI=1S/C16H17ClN2O2/c1-21-15-7-6-13(10-14(15)17)19-16(20)12-4-2-11(3-5-12)8-9-18/h2-7,10H,8-9,18H2,1H3,(H,19,20). The third-order valence-corrected chi connectivity index (χ3v) is 3.35. The Balaban J connectivity index is 2.08. The van der Waals surface area contributed by atoms with Gasteiger partial charge in [0.1, 0.15) is 5.75 Å². The number of carbonyl (C=O) groups is 1. The van der Waals surface area contributed by atoms with Gasteiger partial charge in [-0.1, -0.05) is 23.7 Å². The van der Waals surface area contributed by atoms with Crippen molar-refractivity contribution in [3.8, 4) is 5.75 Å². The molecule has 0 radical (unpaired) electrons. The van der Waals surface area contributed by atoms with E-state index in [2.05, 4.69) is 5.32 Å². The van der Waals surface area contributed by atoms with Crippen LogP contribution < -0.4 is 15.8 Å². The smallest absolute Gasteiger partial charge is 0.255 e. The van der Waals surface area contributed by atoms with Crippen LogP contribution in [0.4, 0.5) is 5.69 Å². The van der Waals surface area contributed by atoms with E-state index in [1.165, 1.54) is 0 Å². The molecule has 5 heteroatoms. The highest BCUT2D eigenvalue weighted by atomic mass is 35.5. The van der Waals surface area contributed by atoms with Gasteiger partial charge in [-0.2, -0.15) is 0 Å². The fourth-order valence-corrected chi connectivity index (χ4v) is 2.19. The number of anilines is 1. The van der Waals surface area contributed by atoms with Crippen molar-refractivity contribution in [3.05, 3.63) is 58.6 Å². The Morgan fingerprint density at radius 1 is 1.24 bits per heavy atom. The van der Waals surface area contributed by atoms with E-state index in [9.17, 15) is 4.79 Å². The summed E-state index contributed by atoms with van der Waals surface area (Å²) in [5.41, 5.74) is 7.82. The summed E-state index contributed by atoms with van der Waals surface area (Å²) in [6.45, 7) is 0.593. The lowest BCUT2D eigenvalue weighted by atomic mass is 10.1. The number of halogens is 1. The molecule has 0 saturated heterocycles. The van der Waals surface area contributed by atoms with Crippen LogP contribution in [0.15, 0.2) is 42.5 Å². The van der Waals surface area contributed by atoms with Crippen LogP contribution in [0.1, 0.15) is 15.9 Å². The van der Waals surface area contributed by atoms with Crippen molar-refractivity contribution >= 4 is 23.2 Å². The molecule has 0 aliphatic carbocycles. The predicted octanol–water partition coefficient (Wildman–Crippen LogP) is 3.10. The molecule has 110 valence electrons. The average molecular weight is 305 g/mol. The monoisotopic (exact) mass is 304 g/mol. The SMILES string of the molecule is COc1ccc(NC(=O)c2ccc(CCN)cc2)cc1Cl. The molecule has 1 amide bonds. The van der Waals surface area contributed by atoms with E-state index in [1.807, 2.05) is 12.1 Å². The molecule has 0 aromatic heterocycles. The highest BCUT2D eigenvalue weighted by Gasteiger charge is 2.08. The first-order valence-corrected chi connectivity index (χ1v) is 6.95. The molecular weight excluding hydrogens is 288 g/mol. The molecule has 0 unspecified atom stereocenters. The molecular formula is C16H17ClN2O2. The van der Waals surface area contributed by atoms with Crippen molar-refractivity contribution in [3.63, 3.8) is 0 Å². The van der Waals surface area contributed by atoms with E-state index in [0.29, 0.717) is 28.6 Å². The van der Waals surface area contributed by atoms with Crippen molar-refractivity contribution in [2.24, 2.45) is 5.73 Å². The Hall–Kier alpha value is -2.04.